The van der Waals surface area contributed by atoms with Gasteiger partial charge in [-0.05, 0) is 78.6 Å². The molecule has 0 saturated heterocycles. The maximum absolute atomic E-state index is 11.2. The standard InChI is InChI=1S/C9H7ClN2O2.C9H8ClNO3S.C9H6N2O3.C9H10N2O.3CH4/c10-9-5-4-6-7(11-9)2-1-3-8(6)12(13)14;10-15(13,14)8-3-1-2-7-6(8)4-5-9(12)11-7;12-9-5-4-6-7(10-9)2-1-3-8(6)11(13)14;10-7-2-1-3-8-6(7)4-5-9(12)11-8;;;/h1-5,9,11H;1-3H,4-5H2,(H,11,12);1-5H,(H,10,12);1-3H,4-5,10H2,(H,11,12);3*1H4. The van der Waals surface area contributed by atoms with Crippen molar-refractivity contribution in [2.45, 2.75) is 58.4 Å². The van der Waals surface area contributed by atoms with Gasteiger partial charge < -0.3 is 26.7 Å². The lowest BCUT2D eigenvalue weighted by Crippen LogP contribution is -2.20. The Morgan fingerprint density at radius 1 is 0.690 bits per heavy atom. The highest BCUT2D eigenvalue weighted by molar-refractivity contribution is 8.13. The largest absolute Gasteiger partial charge is 0.398 e. The third-order valence-corrected chi connectivity index (χ3v) is 9.97. The van der Waals surface area contributed by atoms with Gasteiger partial charge in [0.05, 0.1) is 31.2 Å². The third-order valence-electron chi connectivity index (χ3n) is 8.30. The number of H-pyrrole nitrogens is 1. The molecule has 8 rings (SSSR count). The Balaban J connectivity index is 0.000000263. The second-order valence-corrected chi connectivity index (χ2v) is 14.9. The number of carbonyl (C=O) groups is 2. The Hall–Kier alpha value is -6.30. The van der Waals surface area contributed by atoms with Crippen LogP contribution in [0, 0.1) is 20.2 Å². The summed E-state index contributed by atoms with van der Waals surface area (Å²) in [6, 6.07) is 22.4. The molecular weight excluding hydrogens is 813 g/mol. The van der Waals surface area contributed by atoms with Gasteiger partial charge in [0.25, 0.3) is 20.4 Å². The monoisotopic (exact) mass is 855 g/mol. The average molecular weight is 857 g/mol. The van der Waals surface area contributed by atoms with Gasteiger partial charge in [-0.1, -0.05) is 58.1 Å². The lowest BCUT2D eigenvalue weighted by molar-refractivity contribution is -0.385. The van der Waals surface area contributed by atoms with Crippen molar-refractivity contribution in [3.05, 3.63) is 138 Å². The van der Waals surface area contributed by atoms with Gasteiger partial charge in [0, 0.05) is 64.5 Å². The number of benzene rings is 4. The van der Waals surface area contributed by atoms with Crippen LogP contribution in [0.25, 0.3) is 17.0 Å². The maximum atomic E-state index is 11.2. The first-order chi connectivity index (χ1) is 26.1. The number of rotatable bonds is 3. The van der Waals surface area contributed by atoms with E-state index in [0.717, 1.165) is 23.4 Å². The van der Waals surface area contributed by atoms with Crippen LogP contribution in [-0.4, -0.2) is 40.6 Å². The summed E-state index contributed by atoms with van der Waals surface area (Å²) in [4.78, 5) is 56.0. The van der Waals surface area contributed by atoms with Crippen LogP contribution in [0.2, 0.25) is 0 Å². The van der Waals surface area contributed by atoms with Gasteiger partial charge in [-0.2, -0.15) is 0 Å². The number of hydrogen-bond acceptors (Lipinski definition) is 11. The summed E-state index contributed by atoms with van der Waals surface area (Å²) in [7, 11) is 1.55. The van der Waals surface area contributed by atoms with Crippen LogP contribution >= 0.6 is 22.3 Å². The van der Waals surface area contributed by atoms with Crippen LogP contribution in [0.4, 0.5) is 34.1 Å². The fourth-order valence-corrected chi connectivity index (χ4v) is 7.16. The smallest absolute Gasteiger partial charge is 0.278 e. The Morgan fingerprint density at radius 3 is 1.84 bits per heavy atom. The Labute approximate surface area is 344 Å². The van der Waals surface area contributed by atoms with E-state index in [1.54, 1.807) is 42.5 Å². The minimum Gasteiger partial charge on any atom is -0.398 e. The molecule has 0 fully saturated rings. The van der Waals surface area contributed by atoms with Crippen molar-refractivity contribution >= 4 is 94.3 Å². The Morgan fingerprint density at radius 2 is 1.22 bits per heavy atom. The zero-order chi connectivity index (χ0) is 39.9. The van der Waals surface area contributed by atoms with Crippen LogP contribution in [0.15, 0.2) is 101 Å². The SMILES string of the molecule is C.C.C.Nc1cccc2c1CCC(=O)N2.O=C1CCc2c(cccc2S(=O)(=O)Cl)N1.O=[N+]([O-])c1cccc2c1C=CC(Cl)N2.O=c1ccc2c([N+](=O)[O-])cccc2[nH]1. The molecule has 0 saturated carbocycles. The average Bonchev–Trinajstić information content (AvgIpc) is 3.14. The molecule has 308 valence electrons. The number of amides is 2. The van der Waals surface area contributed by atoms with Crippen LogP contribution in [-0.2, 0) is 31.5 Å². The van der Waals surface area contributed by atoms with Gasteiger partial charge in [-0.25, -0.2) is 8.42 Å². The minimum atomic E-state index is -3.74. The number of nitro groups is 2. The van der Waals surface area contributed by atoms with E-state index in [9.17, 15) is 43.0 Å². The van der Waals surface area contributed by atoms with E-state index in [-0.39, 0.29) is 67.8 Å². The molecule has 2 amide bonds. The molecule has 0 spiro atoms. The first-order valence-corrected chi connectivity index (χ1v) is 19.0. The lowest BCUT2D eigenvalue weighted by Gasteiger charge is -2.18. The van der Waals surface area contributed by atoms with E-state index in [4.69, 9.17) is 28.0 Å². The first kappa shape index (κ1) is 47.9. The van der Waals surface area contributed by atoms with Crippen molar-refractivity contribution in [3.63, 3.8) is 0 Å². The van der Waals surface area contributed by atoms with Gasteiger partial charge in [-0.3, -0.25) is 34.6 Å². The number of nitrogens with one attached hydrogen (secondary N) is 4. The number of fused-ring (bicyclic) bond motifs is 4. The number of aromatic nitrogens is 1. The van der Waals surface area contributed by atoms with E-state index in [0.29, 0.717) is 46.2 Å². The molecule has 1 unspecified atom stereocenters. The summed E-state index contributed by atoms with van der Waals surface area (Å²) in [5.41, 5.74) is 10.8. The maximum Gasteiger partial charge on any atom is 0.278 e. The zero-order valence-electron chi connectivity index (χ0n) is 28.5. The second kappa shape index (κ2) is 20.7. The molecule has 3 aliphatic rings. The zero-order valence-corrected chi connectivity index (χ0v) is 30.8. The van der Waals surface area contributed by atoms with Crippen LogP contribution in [0.5, 0.6) is 0 Å². The Kier molecular flexibility index (Phi) is 17.1. The number of nitro benzene ring substituents is 2. The van der Waals surface area contributed by atoms with Gasteiger partial charge in [0.1, 0.15) is 5.50 Å². The number of hydrogen-bond donors (Lipinski definition) is 5. The normalized spacial score (nSPS) is 14.1. The summed E-state index contributed by atoms with van der Waals surface area (Å²) in [6.45, 7) is 0. The number of anilines is 4. The molecule has 4 aromatic carbocycles. The molecule has 58 heavy (non-hydrogen) atoms. The summed E-state index contributed by atoms with van der Waals surface area (Å²) in [5.74, 6) is -0.0280. The summed E-state index contributed by atoms with van der Waals surface area (Å²) < 4.78 is 22.5. The molecule has 0 radical (unpaired) electrons. The number of halogens is 2. The van der Waals surface area contributed by atoms with Crippen LogP contribution in [0.3, 0.4) is 0 Å². The van der Waals surface area contributed by atoms with Crippen LogP contribution < -0.4 is 27.2 Å². The van der Waals surface area contributed by atoms with Crippen molar-refractivity contribution in [1.82, 2.24) is 4.98 Å². The fourth-order valence-electron chi connectivity index (χ4n) is 5.79. The van der Waals surface area contributed by atoms with E-state index in [1.807, 2.05) is 18.2 Å². The van der Waals surface area contributed by atoms with Crippen molar-refractivity contribution in [1.29, 1.82) is 0 Å². The Bertz CT molecular complexity index is 2530. The fraction of sp³-hybridized carbons (Fsp3) is 0.205. The molecule has 4 heterocycles. The number of nitrogen functional groups attached to an aromatic ring is 1. The summed E-state index contributed by atoms with van der Waals surface area (Å²) in [6.07, 6.45) is 5.34. The first-order valence-electron chi connectivity index (χ1n) is 16.3. The lowest BCUT2D eigenvalue weighted by atomic mass is 10.0. The van der Waals surface area contributed by atoms with Crippen LogP contribution in [0.1, 0.15) is 51.8 Å². The molecular formula is C39H43Cl2N7O9S. The molecule has 6 N–H and O–H groups in total. The van der Waals surface area contributed by atoms with Crippen molar-refractivity contribution < 1.29 is 27.9 Å². The highest BCUT2D eigenvalue weighted by Crippen LogP contribution is 2.32. The number of pyridine rings is 1. The van der Waals surface area contributed by atoms with Crippen molar-refractivity contribution in [2.75, 3.05) is 21.7 Å². The van der Waals surface area contributed by atoms with Gasteiger partial charge in [0.15, 0.2) is 0 Å². The van der Waals surface area contributed by atoms with Gasteiger partial charge in [0.2, 0.25) is 17.4 Å². The van der Waals surface area contributed by atoms with E-state index < -0.39 is 18.9 Å². The van der Waals surface area contributed by atoms with E-state index in [1.165, 1.54) is 36.4 Å². The number of aromatic amines is 1. The minimum absolute atomic E-state index is 0. The van der Waals surface area contributed by atoms with Crippen molar-refractivity contribution in [2.24, 2.45) is 0 Å². The second-order valence-electron chi connectivity index (χ2n) is 11.9. The van der Waals surface area contributed by atoms with E-state index in [2.05, 4.69) is 20.9 Å². The highest BCUT2D eigenvalue weighted by atomic mass is 35.7. The quantitative estimate of drug-likeness (QED) is 0.0287. The topological polar surface area (TPSA) is 250 Å². The van der Waals surface area contributed by atoms with Gasteiger partial charge >= 0.3 is 0 Å². The molecule has 16 nitrogen and oxygen atoms in total. The third kappa shape index (κ3) is 11.9. The van der Waals surface area contributed by atoms with E-state index >= 15 is 0 Å². The van der Waals surface area contributed by atoms with Gasteiger partial charge in [-0.15, -0.1) is 0 Å². The molecule has 1 aromatic heterocycles. The number of carbonyl (C=O) groups excluding carboxylic acids is 2. The number of nitrogens with zero attached hydrogens (tertiary/aromatic N) is 2. The molecule has 0 aliphatic carbocycles. The molecule has 0 bridgehead atoms. The van der Waals surface area contributed by atoms with Crippen molar-refractivity contribution in [3.8, 4) is 0 Å². The predicted octanol–water partition coefficient (Wildman–Crippen LogP) is 8.60. The molecule has 3 aliphatic heterocycles. The predicted molar refractivity (Wildman–Crippen MR) is 231 cm³/mol. The molecule has 5 aromatic rings. The summed E-state index contributed by atoms with van der Waals surface area (Å²) in [5, 5.41) is 30.0. The number of nitrogens with two attached hydrogens (primary N) is 1. The number of non-ortho nitro benzene ring substituents is 1. The number of alkyl halides is 1. The molecule has 19 heteroatoms. The summed E-state index contributed by atoms with van der Waals surface area (Å²) >= 11 is 5.81. The highest BCUT2D eigenvalue weighted by Gasteiger charge is 2.23. The molecule has 1 atom stereocenters.